The molecule has 2 amide bonds. The molecular weight excluding hydrogens is 467 g/mol. The highest BCUT2D eigenvalue weighted by molar-refractivity contribution is 6.00. The predicted molar refractivity (Wildman–Crippen MR) is 149 cm³/mol. The van der Waals surface area contributed by atoms with Crippen LogP contribution in [-0.4, -0.2) is 22.1 Å². The molecule has 0 atom stereocenters. The van der Waals surface area contributed by atoms with E-state index in [-0.39, 0.29) is 17.8 Å². The van der Waals surface area contributed by atoms with E-state index in [4.69, 9.17) is 0 Å². The zero-order chi connectivity index (χ0) is 26.6. The molecule has 0 aliphatic heterocycles. The SMILES string of the molecule is CC.CC/C=C(F)\C=C/CNC(=O)N(c1ccccc1)c1cc(=O)c2cnccc2n1-c1ccccc1. The number of pyridine rings is 2. The van der Waals surface area contributed by atoms with Gasteiger partial charge >= 0.3 is 6.03 Å². The predicted octanol–water partition coefficient (Wildman–Crippen LogP) is 7.08. The number of urea groups is 1. The van der Waals surface area contributed by atoms with Crippen molar-refractivity contribution in [2.45, 2.75) is 27.2 Å². The van der Waals surface area contributed by atoms with E-state index in [0.717, 1.165) is 5.69 Å². The Hall–Kier alpha value is -4.52. The van der Waals surface area contributed by atoms with Crippen LogP contribution in [0.1, 0.15) is 27.2 Å². The fourth-order valence-corrected chi connectivity index (χ4v) is 3.76. The van der Waals surface area contributed by atoms with Gasteiger partial charge < -0.3 is 5.32 Å². The van der Waals surface area contributed by atoms with Crippen molar-refractivity contribution in [3.05, 3.63) is 119 Å². The highest BCUT2D eigenvalue weighted by atomic mass is 19.1. The van der Waals surface area contributed by atoms with Crippen molar-refractivity contribution in [1.82, 2.24) is 14.9 Å². The van der Waals surface area contributed by atoms with Crippen molar-refractivity contribution in [3.8, 4) is 5.69 Å². The number of hydrogen-bond acceptors (Lipinski definition) is 3. The Balaban J connectivity index is 0.00000186. The van der Waals surface area contributed by atoms with E-state index in [9.17, 15) is 14.0 Å². The van der Waals surface area contributed by atoms with Crippen LogP contribution in [-0.2, 0) is 0 Å². The Bertz CT molecular complexity index is 1430. The quantitative estimate of drug-likeness (QED) is 0.277. The molecule has 1 N–H and O–H groups in total. The summed E-state index contributed by atoms with van der Waals surface area (Å²) in [6.45, 7) is 5.96. The molecular formula is C30H31FN4O2. The Morgan fingerprint density at radius 2 is 1.73 bits per heavy atom. The highest BCUT2D eigenvalue weighted by Crippen LogP contribution is 2.30. The van der Waals surface area contributed by atoms with E-state index in [0.29, 0.717) is 28.8 Å². The Labute approximate surface area is 216 Å². The van der Waals surface area contributed by atoms with Gasteiger partial charge in [-0.2, -0.15) is 0 Å². The Kier molecular flexibility index (Phi) is 9.91. The van der Waals surface area contributed by atoms with Gasteiger partial charge in [0.2, 0.25) is 0 Å². The number of para-hydroxylation sites is 2. The summed E-state index contributed by atoms with van der Waals surface area (Å²) in [6.07, 6.45) is 8.03. The average molecular weight is 499 g/mol. The van der Waals surface area contributed by atoms with Gasteiger partial charge in [-0.15, -0.1) is 0 Å². The summed E-state index contributed by atoms with van der Waals surface area (Å²) >= 11 is 0. The molecule has 6 nitrogen and oxygen atoms in total. The Morgan fingerprint density at radius 1 is 1.05 bits per heavy atom. The van der Waals surface area contributed by atoms with Gasteiger partial charge in [0.1, 0.15) is 11.6 Å². The number of carbonyl (C=O) groups excluding carboxylic acids is 1. The van der Waals surface area contributed by atoms with E-state index >= 15 is 0 Å². The minimum Gasteiger partial charge on any atom is -0.334 e. The number of aromatic nitrogens is 2. The molecule has 0 bridgehead atoms. The molecule has 0 radical (unpaired) electrons. The third-order valence-corrected chi connectivity index (χ3v) is 5.30. The van der Waals surface area contributed by atoms with Gasteiger partial charge in [-0.25, -0.2) is 14.1 Å². The van der Waals surface area contributed by atoms with Crippen molar-refractivity contribution < 1.29 is 9.18 Å². The second-order valence-corrected chi connectivity index (χ2v) is 7.69. The first kappa shape index (κ1) is 27.1. The van der Waals surface area contributed by atoms with E-state index in [1.165, 1.54) is 29.3 Å². The van der Waals surface area contributed by atoms with Crippen LogP contribution in [0.5, 0.6) is 0 Å². The van der Waals surface area contributed by atoms with Crippen LogP contribution in [0, 0.1) is 0 Å². The molecule has 2 aromatic heterocycles. The van der Waals surface area contributed by atoms with Gasteiger partial charge in [0.25, 0.3) is 0 Å². The minimum atomic E-state index is -0.460. The number of hydrogen-bond donors (Lipinski definition) is 1. The Morgan fingerprint density at radius 3 is 2.41 bits per heavy atom. The molecule has 7 heteroatoms. The second-order valence-electron chi connectivity index (χ2n) is 7.69. The lowest BCUT2D eigenvalue weighted by Gasteiger charge is -2.27. The maximum Gasteiger partial charge on any atom is 0.327 e. The van der Waals surface area contributed by atoms with Gasteiger partial charge in [0, 0.05) is 30.7 Å². The summed E-state index contributed by atoms with van der Waals surface area (Å²) in [5.41, 5.74) is 1.72. The molecule has 0 saturated heterocycles. The van der Waals surface area contributed by atoms with Crippen LogP contribution in [0.3, 0.4) is 0 Å². The average Bonchev–Trinajstić information content (AvgIpc) is 2.94. The molecule has 190 valence electrons. The van der Waals surface area contributed by atoms with Crippen LogP contribution >= 0.6 is 0 Å². The van der Waals surface area contributed by atoms with Gasteiger partial charge in [0.15, 0.2) is 5.43 Å². The molecule has 2 aromatic carbocycles. The van der Waals surface area contributed by atoms with Crippen molar-refractivity contribution >= 4 is 28.4 Å². The molecule has 4 rings (SSSR count). The number of fused-ring (bicyclic) bond motifs is 1. The number of rotatable bonds is 7. The van der Waals surface area contributed by atoms with Gasteiger partial charge in [0.05, 0.1) is 16.6 Å². The standard InChI is InChI=1S/C28H25FN4O2.C2H6/c1-2-10-21(29)11-9-17-31-28(35)33(23-14-7-4-8-15-23)27-19-26(34)24-20-30-18-16-25(24)32(27)22-12-5-3-6-13-22;1-2/h3-16,18-20H,2,17H2,1H3,(H,31,35);1-2H3/b11-9-,21-10+;. The number of amides is 2. The van der Waals surface area contributed by atoms with E-state index in [1.54, 1.807) is 30.5 Å². The van der Waals surface area contributed by atoms with Crippen LogP contribution in [0.25, 0.3) is 16.6 Å². The first-order valence-electron chi connectivity index (χ1n) is 12.3. The topological polar surface area (TPSA) is 67.2 Å². The van der Waals surface area contributed by atoms with Crippen LogP contribution in [0.4, 0.5) is 20.7 Å². The highest BCUT2D eigenvalue weighted by Gasteiger charge is 2.23. The first-order chi connectivity index (χ1) is 18.1. The molecule has 37 heavy (non-hydrogen) atoms. The number of carbonyl (C=O) groups is 1. The lowest BCUT2D eigenvalue weighted by Crippen LogP contribution is -2.39. The normalized spacial score (nSPS) is 11.2. The van der Waals surface area contributed by atoms with Crippen molar-refractivity contribution in [2.24, 2.45) is 0 Å². The zero-order valence-corrected chi connectivity index (χ0v) is 21.3. The molecule has 4 aromatic rings. The van der Waals surface area contributed by atoms with Gasteiger partial charge in [-0.3, -0.25) is 14.3 Å². The van der Waals surface area contributed by atoms with E-state index in [2.05, 4.69) is 10.3 Å². The number of benzene rings is 2. The number of anilines is 2. The van der Waals surface area contributed by atoms with Crippen LogP contribution in [0.2, 0.25) is 0 Å². The molecule has 0 spiro atoms. The first-order valence-corrected chi connectivity index (χ1v) is 12.3. The minimum absolute atomic E-state index is 0.111. The summed E-state index contributed by atoms with van der Waals surface area (Å²) in [5, 5.41) is 3.24. The third kappa shape index (κ3) is 6.58. The molecule has 2 heterocycles. The number of nitrogens with zero attached hydrogens (tertiary/aromatic N) is 3. The zero-order valence-electron chi connectivity index (χ0n) is 21.3. The fourth-order valence-electron chi connectivity index (χ4n) is 3.76. The lowest BCUT2D eigenvalue weighted by molar-refractivity contribution is 0.249. The summed E-state index contributed by atoms with van der Waals surface area (Å²) in [7, 11) is 0. The molecule has 0 unspecified atom stereocenters. The van der Waals surface area contributed by atoms with Crippen LogP contribution < -0.4 is 15.6 Å². The molecule has 0 saturated carbocycles. The largest absolute Gasteiger partial charge is 0.334 e. The van der Waals surface area contributed by atoms with Gasteiger partial charge in [-0.05, 0) is 48.9 Å². The summed E-state index contributed by atoms with van der Waals surface area (Å²) in [6, 6.07) is 21.3. The maximum absolute atomic E-state index is 13.7. The summed E-state index contributed by atoms with van der Waals surface area (Å²) in [4.78, 5) is 32.1. The fraction of sp³-hybridized carbons (Fsp3) is 0.167. The molecule has 0 aliphatic rings. The van der Waals surface area contributed by atoms with Gasteiger partial charge in [-0.1, -0.05) is 63.2 Å². The number of nitrogens with one attached hydrogen (secondary N) is 1. The van der Waals surface area contributed by atoms with Crippen molar-refractivity contribution in [1.29, 1.82) is 0 Å². The smallest absolute Gasteiger partial charge is 0.327 e. The molecule has 0 fully saturated rings. The van der Waals surface area contributed by atoms with E-state index < -0.39 is 6.03 Å². The third-order valence-electron chi connectivity index (χ3n) is 5.30. The monoisotopic (exact) mass is 498 g/mol. The molecule has 0 aliphatic carbocycles. The van der Waals surface area contributed by atoms with Crippen LogP contribution in [0.15, 0.2) is 114 Å². The lowest BCUT2D eigenvalue weighted by atomic mass is 10.2. The van der Waals surface area contributed by atoms with Crippen molar-refractivity contribution in [3.63, 3.8) is 0 Å². The van der Waals surface area contributed by atoms with Crippen molar-refractivity contribution in [2.75, 3.05) is 11.4 Å². The maximum atomic E-state index is 13.7. The number of allylic oxidation sites excluding steroid dienone is 3. The summed E-state index contributed by atoms with van der Waals surface area (Å²) < 4.78 is 15.5. The second kappa shape index (κ2) is 13.5. The number of halogens is 1. The summed E-state index contributed by atoms with van der Waals surface area (Å²) in [5.74, 6) is 0.00681. The van der Waals surface area contributed by atoms with E-state index in [1.807, 2.05) is 73.9 Å².